The average molecular weight is 256 g/mol. The molecule has 0 atom stereocenters. The van der Waals surface area contributed by atoms with Gasteiger partial charge in [0.05, 0.1) is 0 Å². The molecule has 0 unspecified atom stereocenters. The average Bonchev–Trinajstić information content (AvgIpc) is 2.38. The molecule has 0 saturated heterocycles. The Morgan fingerprint density at radius 2 is 1.79 bits per heavy atom. The van der Waals surface area contributed by atoms with Gasteiger partial charge in [-0.2, -0.15) is 0 Å². The molecule has 0 aliphatic heterocycles. The van der Waals surface area contributed by atoms with E-state index in [4.69, 9.17) is 0 Å². The Kier molecular flexibility index (Phi) is 5.43. The van der Waals surface area contributed by atoms with Crippen LogP contribution >= 0.6 is 0 Å². The molecule has 19 heavy (non-hydrogen) atoms. The first-order valence-electron chi connectivity index (χ1n) is 6.42. The van der Waals surface area contributed by atoms with E-state index in [-0.39, 0.29) is 5.78 Å². The maximum Gasteiger partial charge on any atom is 0.156 e. The maximum atomic E-state index is 11.6. The van der Waals surface area contributed by atoms with Crippen molar-refractivity contribution < 1.29 is 9.59 Å². The van der Waals surface area contributed by atoms with E-state index < -0.39 is 0 Å². The molecule has 0 aliphatic carbocycles. The van der Waals surface area contributed by atoms with Crippen LogP contribution in [0.2, 0.25) is 0 Å². The third kappa shape index (κ3) is 4.02. The van der Waals surface area contributed by atoms with Crippen molar-refractivity contribution >= 4 is 17.6 Å². The lowest BCUT2D eigenvalue weighted by Crippen LogP contribution is -1.99. The minimum absolute atomic E-state index is 0.0177. The Labute approximate surface area is 114 Å². The molecular formula is C17H20O2. The van der Waals surface area contributed by atoms with Crippen molar-refractivity contribution in [3.05, 3.63) is 53.1 Å². The van der Waals surface area contributed by atoms with Gasteiger partial charge < -0.3 is 0 Å². The summed E-state index contributed by atoms with van der Waals surface area (Å²) in [5.74, 6) is 0.405. The summed E-state index contributed by atoms with van der Waals surface area (Å²) < 4.78 is 0. The van der Waals surface area contributed by atoms with Crippen LogP contribution in [0.1, 0.15) is 43.6 Å². The molecule has 1 aromatic rings. The molecule has 0 N–H and O–H groups in total. The molecular weight excluding hydrogens is 236 g/mol. The normalized spacial score (nSPS) is 12.7. The van der Waals surface area contributed by atoms with Crippen LogP contribution in [0.3, 0.4) is 0 Å². The number of hydrogen-bond acceptors (Lipinski definition) is 2. The van der Waals surface area contributed by atoms with E-state index in [9.17, 15) is 9.59 Å². The summed E-state index contributed by atoms with van der Waals surface area (Å²) in [4.78, 5) is 22.8. The van der Waals surface area contributed by atoms with Crippen molar-refractivity contribution in [3.8, 4) is 0 Å². The molecule has 0 amide bonds. The molecule has 1 aromatic carbocycles. The van der Waals surface area contributed by atoms with Crippen LogP contribution in [-0.2, 0) is 4.79 Å². The minimum atomic E-state index is 0.0177. The maximum absolute atomic E-state index is 11.6. The predicted molar refractivity (Wildman–Crippen MR) is 79.1 cm³/mol. The molecule has 0 aromatic heterocycles. The molecule has 2 nitrogen and oxygen atoms in total. The SMILES string of the molecule is CC(=O)/C(C)=C(\C=C/C(C)C)c1ccccc1C=O. The highest BCUT2D eigenvalue weighted by molar-refractivity contribution is 6.04. The lowest BCUT2D eigenvalue weighted by Gasteiger charge is -2.10. The van der Waals surface area contributed by atoms with Gasteiger partial charge in [0, 0.05) is 5.56 Å². The third-order valence-electron chi connectivity index (χ3n) is 2.96. The van der Waals surface area contributed by atoms with Crippen LogP contribution in [-0.4, -0.2) is 12.1 Å². The van der Waals surface area contributed by atoms with Gasteiger partial charge in [0.15, 0.2) is 12.1 Å². The lowest BCUT2D eigenvalue weighted by molar-refractivity contribution is -0.113. The van der Waals surface area contributed by atoms with Gasteiger partial charge in [0.1, 0.15) is 0 Å². The summed E-state index contributed by atoms with van der Waals surface area (Å²) in [6, 6.07) is 7.33. The summed E-state index contributed by atoms with van der Waals surface area (Å²) >= 11 is 0. The van der Waals surface area contributed by atoms with E-state index in [0.717, 1.165) is 17.4 Å². The van der Waals surface area contributed by atoms with Crippen molar-refractivity contribution in [2.24, 2.45) is 5.92 Å². The Hall–Kier alpha value is -1.96. The predicted octanol–water partition coefficient (Wildman–Crippen LogP) is 4.07. The second-order valence-corrected chi connectivity index (χ2v) is 4.90. The Bertz CT molecular complexity index is 534. The first-order valence-corrected chi connectivity index (χ1v) is 6.42. The van der Waals surface area contributed by atoms with Gasteiger partial charge in [-0.15, -0.1) is 0 Å². The molecule has 0 heterocycles. The van der Waals surface area contributed by atoms with E-state index in [2.05, 4.69) is 13.8 Å². The first-order chi connectivity index (χ1) is 8.97. The lowest BCUT2D eigenvalue weighted by atomic mass is 9.94. The molecule has 2 heteroatoms. The highest BCUT2D eigenvalue weighted by Crippen LogP contribution is 2.24. The molecule has 100 valence electrons. The fourth-order valence-electron chi connectivity index (χ4n) is 1.74. The Morgan fingerprint density at radius 1 is 1.16 bits per heavy atom. The van der Waals surface area contributed by atoms with Crippen LogP contribution in [0.5, 0.6) is 0 Å². The second-order valence-electron chi connectivity index (χ2n) is 4.90. The van der Waals surface area contributed by atoms with Gasteiger partial charge in [-0.3, -0.25) is 9.59 Å². The molecule has 1 rings (SSSR count). The standard InChI is InChI=1S/C17H20O2/c1-12(2)9-10-16(13(3)14(4)19)17-8-6-5-7-15(17)11-18/h5-12H,1-4H3/b10-9-,16-13+. The van der Waals surface area contributed by atoms with Crippen molar-refractivity contribution in [1.29, 1.82) is 0 Å². The van der Waals surface area contributed by atoms with E-state index in [1.807, 2.05) is 30.4 Å². The molecule has 0 saturated carbocycles. The third-order valence-corrected chi connectivity index (χ3v) is 2.96. The molecule has 0 aliphatic rings. The highest BCUT2D eigenvalue weighted by atomic mass is 16.1. The topological polar surface area (TPSA) is 34.1 Å². The van der Waals surface area contributed by atoms with Crippen molar-refractivity contribution in [1.82, 2.24) is 0 Å². The summed E-state index contributed by atoms with van der Waals surface area (Å²) in [6.07, 6.45) is 4.79. The number of ketones is 1. The summed E-state index contributed by atoms with van der Waals surface area (Å²) in [6.45, 7) is 7.48. The quantitative estimate of drug-likeness (QED) is 0.452. The summed E-state index contributed by atoms with van der Waals surface area (Å²) in [7, 11) is 0. The second kappa shape index (κ2) is 6.83. The number of rotatable bonds is 5. The monoisotopic (exact) mass is 256 g/mol. The van der Waals surface area contributed by atoms with Crippen LogP contribution in [0.15, 0.2) is 42.0 Å². The van der Waals surface area contributed by atoms with Crippen molar-refractivity contribution in [2.75, 3.05) is 0 Å². The Balaban J connectivity index is 3.44. The van der Waals surface area contributed by atoms with Crippen molar-refractivity contribution in [2.45, 2.75) is 27.7 Å². The van der Waals surface area contributed by atoms with Crippen LogP contribution in [0.4, 0.5) is 0 Å². The van der Waals surface area contributed by atoms with Gasteiger partial charge in [0.2, 0.25) is 0 Å². The van der Waals surface area contributed by atoms with Gasteiger partial charge >= 0.3 is 0 Å². The number of hydrogen-bond donors (Lipinski definition) is 0. The largest absolute Gasteiger partial charge is 0.298 e. The summed E-state index contributed by atoms with van der Waals surface area (Å²) in [5, 5.41) is 0. The smallest absolute Gasteiger partial charge is 0.156 e. The van der Waals surface area contributed by atoms with Crippen LogP contribution < -0.4 is 0 Å². The number of aldehydes is 1. The highest BCUT2D eigenvalue weighted by Gasteiger charge is 2.10. The first kappa shape index (κ1) is 15.1. The number of Topliss-reactive ketones (excluding diaryl/α,β-unsaturated/α-hetero) is 1. The van der Waals surface area contributed by atoms with E-state index in [0.29, 0.717) is 17.1 Å². The number of carbonyl (C=O) groups excluding carboxylic acids is 2. The number of benzene rings is 1. The zero-order valence-corrected chi connectivity index (χ0v) is 11.9. The molecule has 0 spiro atoms. The Morgan fingerprint density at radius 3 is 2.32 bits per heavy atom. The van der Waals surface area contributed by atoms with Crippen molar-refractivity contribution in [3.63, 3.8) is 0 Å². The fourth-order valence-corrected chi connectivity index (χ4v) is 1.74. The summed E-state index contributed by atoms with van der Waals surface area (Å²) in [5.41, 5.74) is 2.91. The molecule has 0 radical (unpaired) electrons. The van der Waals surface area contributed by atoms with Gasteiger partial charge in [0.25, 0.3) is 0 Å². The van der Waals surface area contributed by atoms with E-state index >= 15 is 0 Å². The van der Waals surface area contributed by atoms with E-state index in [1.54, 1.807) is 19.9 Å². The van der Waals surface area contributed by atoms with Gasteiger partial charge in [-0.1, -0.05) is 50.3 Å². The van der Waals surface area contributed by atoms with Gasteiger partial charge in [-0.05, 0) is 36.5 Å². The van der Waals surface area contributed by atoms with Crippen LogP contribution in [0.25, 0.3) is 5.57 Å². The zero-order valence-electron chi connectivity index (χ0n) is 11.9. The molecule has 0 bridgehead atoms. The fraction of sp³-hybridized carbons (Fsp3) is 0.294. The zero-order chi connectivity index (χ0) is 14.4. The number of carbonyl (C=O) groups is 2. The van der Waals surface area contributed by atoms with E-state index in [1.165, 1.54) is 0 Å². The van der Waals surface area contributed by atoms with Gasteiger partial charge in [-0.25, -0.2) is 0 Å². The molecule has 0 fully saturated rings. The number of allylic oxidation sites excluding steroid dienone is 4. The van der Waals surface area contributed by atoms with Crippen LogP contribution in [0, 0.1) is 5.92 Å². The minimum Gasteiger partial charge on any atom is -0.298 e.